The van der Waals surface area contributed by atoms with Crippen molar-refractivity contribution in [3.8, 4) is 0 Å². The standard InChI is InChI=1S/C27H54N2O2/c1-15-23(4,5)19-29(27(12,13)17-25(8,9)21(3)31)22(20(2)30)26(10,11)16-24(6,7)18-28-14/h22,28H,15-19H2,1-14H3. The predicted octanol–water partition coefficient (Wildman–Crippen LogP) is 6.13. The van der Waals surface area contributed by atoms with Crippen LogP contribution in [0.2, 0.25) is 0 Å². The smallest absolute Gasteiger partial charge is 0.147 e. The Morgan fingerprint density at radius 1 is 0.839 bits per heavy atom. The second-order valence-corrected chi connectivity index (χ2v) is 13.4. The van der Waals surface area contributed by atoms with E-state index in [1.54, 1.807) is 13.8 Å². The minimum absolute atomic E-state index is 0.0701. The Kier molecular flexibility index (Phi) is 10.2. The number of ketones is 2. The van der Waals surface area contributed by atoms with Crippen LogP contribution in [0.1, 0.15) is 109 Å². The van der Waals surface area contributed by atoms with Crippen LogP contribution < -0.4 is 5.32 Å². The Morgan fingerprint density at radius 2 is 1.32 bits per heavy atom. The summed E-state index contributed by atoms with van der Waals surface area (Å²) in [6, 6.07) is -0.216. The van der Waals surface area contributed by atoms with E-state index in [4.69, 9.17) is 0 Å². The number of nitrogens with one attached hydrogen (secondary N) is 1. The van der Waals surface area contributed by atoms with E-state index in [0.29, 0.717) is 0 Å². The van der Waals surface area contributed by atoms with Gasteiger partial charge in [-0.1, -0.05) is 62.3 Å². The Balaban J connectivity index is 6.48. The average molecular weight is 439 g/mol. The molecule has 0 amide bonds. The van der Waals surface area contributed by atoms with Crippen LogP contribution in [0, 0.1) is 21.7 Å². The minimum Gasteiger partial charge on any atom is -0.319 e. The van der Waals surface area contributed by atoms with E-state index in [1.165, 1.54) is 0 Å². The molecule has 0 aliphatic heterocycles. The highest BCUT2D eigenvalue weighted by atomic mass is 16.1. The molecule has 0 heterocycles. The van der Waals surface area contributed by atoms with Gasteiger partial charge >= 0.3 is 0 Å². The molecule has 0 bridgehead atoms. The summed E-state index contributed by atoms with van der Waals surface area (Å²) in [6.45, 7) is 29.5. The molecule has 0 aromatic rings. The topological polar surface area (TPSA) is 49.4 Å². The summed E-state index contributed by atoms with van der Waals surface area (Å²) >= 11 is 0. The van der Waals surface area contributed by atoms with Gasteiger partial charge in [0, 0.05) is 17.5 Å². The van der Waals surface area contributed by atoms with Crippen LogP contribution in [0.3, 0.4) is 0 Å². The molecular formula is C27H54N2O2. The molecule has 0 aliphatic rings. The molecule has 1 N–H and O–H groups in total. The van der Waals surface area contributed by atoms with Gasteiger partial charge in [-0.25, -0.2) is 0 Å². The van der Waals surface area contributed by atoms with Crippen LogP contribution in [-0.2, 0) is 9.59 Å². The maximum Gasteiger partial charge on any atom is 0.147 e. The molecule has 0 aromatic carbocycles. The van der Waals surface area contributed by atoms with E-state index in [0.717, 1.165) is 32.4 Å². The molecule has 0 rings (SSSR count). The highest BCUT2D eigenvalue weighted by molar-refractivity contribution is 5.83. The average Bonchev–Trinajstić information content (AvgIpc) is 2.50. The first kappa shape index (κ1) is 30.3. The zero-order chi connectivity index (χ0) is 25.1. The van der Waals surface area contributed by atoms with E-state index in [-0.39, 0.29) is 39.4 Å². The molecule has 4 nitrogen and oxygen atoms in total. The first-order valence-electron chi connectivity index (χ1n) is 12.1. The minimum atomic E-state index is -0.436. The van der Waals surface area contributed by atoms with Gasteiger partial charge in [-0.3, -0.25) is 14.5 Å². The molecule has 0 fully saturated rings. The van der Waals surface area contributed by atoms with Crippen molar-refractivity contribution in [1.29, 1.82) is 0 Å². The summed E-state index contributed by atoms with van der Waals surface area (Å²) in [5.74, 6) is 0.412. The number of carbonyl (C=O) groups is 2. The van der Waals surface area contributed by atoms with Gasteiger partial charge < -0.3 is 5.32 Å². The Labute approximate surface area is 194 Å². The van der Waals surface area contributed by atoms with E-state index in [2.05, 4.69) is 72.5 Å². The summed E-state index contributed by atoms with van der Waals surface area (Å²) in [7, 11) is 1.99. The second kappa shape index (κ2) is 10.5. The van der Waals surface area contributed by atoms with Gasteiger partial charge in [-0.05, 0) is 76.8 Å². The van der Waals surface area contributed by atoms with Crippen LogP contribution in [0.25, 0.3) is 0 Å². The lowest BCUT2D eigenvalue weighted by Crippen LogP contribution is -2.62. The molecule has 1 atom stereocenters. The molecule has 0 aliphatic carbocycles. The number of Topliss-reactive ketones (excluding diaryl/α,β-unsaturated/α-hetero) is 2. The summed E-state index contributed by atoms with van der Waals surface area (Å²) < 4.78 is 0. The van der Waals surface area contributed by atoms with Crippen molar-refractivity contribution in [2.24, 2.45) is 21.7 Å². The third-order valence-corrected chi connectivity index (χ3v) is 7.19. The summed E-state index contributed by atoms with van der Waals surface area (Å²) in [5.41, 5.74) is -0.812. The van der Waals surface area contributed by atoms with Crippen molar-refractivity contribution in [2.75, 3.05) is 20.1 Å². The van der Waals surface area contributed by atoms with E-state index in [9.17, 15) is 9.59 Å². The van der Waals surface area contributed by atoms with Gasteiger partial charge in [-0.2, -0.15) is 0 Å². The maximum absolute atomic E-state index is 13.3. The lowest BCUT2D eigenvalue weighted by Gasteiger charge is -2.53. The lowest BCUT2D eigenvalue weighted by molar-refractivity contribution is -0.136. The highest BCUT2D eigenvalue weighted by Gasteiger charge is 2.48. The van der Waals surface area contributed by atoms with Crippen LogP contribution in [0.15, 0.2) is 0 Å². The van der Waals surface area contributed by atoms with E-state index < -0.39 is 5.41 Å². The third kappa shape index (κ3) is 8.96. The Morgan fingerprint density at radius 3 is 1.68 bits per heavy atom. The quantitative estimate of drug-likeness (QED) is 0.354. The van der Waals surface area contributed by atoms with Gasteiger partial charge in [0.25, 0.3) is 0 Å². The largest absolute Gasteiger partial charge is 0.319 e. The van der Waals surface area contributed by atoms with Crippen LogP contribution in [0.5, 0.6) is 0 Å². The second-order valence-electron chi connectivity index (χ2n) is 13.4. The van der Waals surface area contributed by atoms with E-state index >= 15 is 0 Å². The first-order chi connectivity index (χ1) is 13.6. The Bertz CT molecular complexity index is 615. The summed E-state index contributed by atoms with van der Waals surface area (Å²) in [6.07, 6.45) is 2.68. The molecule has 0 radical (unpaired) electrons. The molecular weight excluding hydrogens is 384 g/mol. The number of hydrogen-bond acceptors (Lipinski definition) is 4. The van der Waals surface area contributed by atoms with Crippen molar-refractivity contribution < 1.29 is 9.59 Å². The zero-order valence-electron chi connectivity index (χ0n) is 23.4. The zero-order valence-corrected chi connectivity index (χ0v) is 23.4. The molecule has 1 unspecified atom stereocenters. The van der Waals surface area contributed by atoms with Gasteiger partial charge in [0.2, 0.25) is 0 Å². The summed E-state index contributed by atoms with van der Waals surface area (Å²) in [4.78, 5) is 28.1. The SMILES string of the molecule is CCC(C)(C)CN(C(C(C)=O)C(C)(C)CC(C)(C)CNC)C(C)(C)CC(C)(C)C(C)=O. The molecule has 0 saturated carbocycles. The monoisotopic (exact) mass is 438 g/mol. The highest BCUT2D eigenvalue weighted by Crippen LogP contribution is 2.44. The van der Waals surface area contributed by atoms with Crippen molar-refractivity contribution in [2.45, 2.75) is 121 Å². The molecule has 184 valence electrons. The van der Waals surface area contributed by atoms with Crippen molar-refractivity contribution in [3.05, 3.63) is 0 Å². The van der Waals surface area contributed by atoms with Crippen molar-refractivity contribution >= 4 is 11.6 Å². The normalized spacial score (nSPS) is 15.3. The predicted molar refractivity (Wildman–Crippen MR) is 135 cm³/mol. The number of carbonyl (C=O) groups excluding carboxylic acids is 2. The van der Waals surface area contributed by atoms with Gasteiger partial charge in [0.1, 0.15) is 11.6 Å². The number of hydrogen-bond donors (Lipinski definition) is 1. The fourth-order valence-electron chi connectivity index (χ4n) is 5.60. The van der Waals surface area contributed by atoms with Gasteiger partial charge in [-0.15, -0.1) is 0 Å². The van der Waals surface area contributed by atoms with Crippen LogP contribution in [-0.4, -0.2) is 48.2 Å². The van der Waals surface area contributed by atoms with Gasteiger partial charge in [0.05, 0.1) is 6.04 Å². The first-order valence-corrected chi connectivity index (χ1v) is 12.1. The Hall–Kier alpha value is -0.740. The molecule has 0 aromatic heterocycles. The third-order valence-electron chi connectivity index (χ3n) is 7.19. The number of nitrogens with zero attached hydrogens (tertiary/aromatic N) is 1. The molecule has 4 heteroatoms. The molecule has 0 spiro atoms. The fourth-order valence-corrected chi connectivity index (χ4v) is 5.60. The molecule has 31 heavy (non-hydrogen) atoms. The lowest BCUT2D eigenvalue weighted by atomic mass is 9.67. The number of rotatable bonds is 14. The summed E-state index contributed by atoms with van der Waals surface area (Å²) in [5, 5.41) is 3.31. The van der Waals surface area contributed by atoms with Crippen LogP contribution >= 0.6 is 0 Å². The van der Waals surface area contributed by atoms with E-state index in [1.807, 2.05) is 20.9 Å². The van der Waals surface area contributed by atoms with Gasteiger partial charge in [0.15, 0.2) is 0 Å². The van der Waals surface area contributed by atoms with Crippen molar-refractivity contribution in [1.82, 2.24) is 10.2 Å². The van der Waals surface area contributed by atoms with Crippen molar-refractivity contribution in [3.63, 3.8) is 0 Å². The maximum atomic E-state index is 13.3. The fraction of sp³-hybridized carbons (Fsp3) is 0.926. The van der Waals surface area contributed by atoms with Crippen LogP contribution in [0.4, 0.5) is 0 Å². The molecule has 0 saturated heterocycles.